The van der Waals surface area contributed by atoms with Gasteiger partial charge in [-0.15, -0.1) is 11.8 Å². The first-order valence-corrected chi connectivity index (χ1v) is 9.30. The summed E-state index contributed by atoms with van der Waals surface area (Å²) in [5.74, 6) is 0.864. The molecule has 0 saturated carbocycles. The smallest absolute Gasteiger partial charge is 0.339 e. The van der Waals surface area contributed by atoms with Gasteiger partial charge in [0, 0.05) is 4.90 Å². The van der Waals surface area contributed by atoms with E-state index in [2.05, 4.69) is 10.1 Å². The van der Waals surface area contributed by atoms with Gasteiger partial charge in [-0.25, -0.2) is 4.79 Å². The van der Waals surface area contributed by atoms with Gasteiger partial charge in [0.2, 0.25) is 5.82 Å². The third kappa shape index (κ3) is 4.05. The molecule has 0 spiro atoms. The van der Waals surface area contributed by atoms with E-state index >= 15 is 0 Å². The van der Waals surface area contributed by atoms with Crippen LogP contribution in [0.1, 0.15) is 23.2 Å². The Hall–Kier alpha value is -2.80. The van der Waals surface area contributed by atoms with Crippen LogP contribution in [-0.4, -0.2) is 29.0 Å². The van der Waals surface area contributed by atoms with E-state index in [1.54, 1.807) is 12.1 Å². The third-order valence-electron chi connectivity index (χ3n) is 3.55. The first-order chi connectivity index (χ1) is 12.7. The maximum Gasteiger partial charge on any atom is 0.339 e. The number of hydrogen-bond acceptors (Lipinski definition) is 7. The number of esters is 1. The maximum atomic E-state index is 12.3. The van der Waals surface area contributed by atoms with Crippen LogP contribution in [-0.2, 0) is 11.3 Å². The predicted molar refractivity (Wildman–Crippen MR) is 98.2 cm³/mol. The molecule has 1 aromatic heterocycles. The van der Waals surface area contributed by atoms with E-state index in [0.717, 1.165) is 10.5 Å². The molecule has 0 fully saturated rings. The largest absolute Gasteiger partial charge is 0.493 e. The molecule has 0 aliphatic carbocycles. The second-order valence-electron chi connectivity index (χ2n) is 5.22. The Kier molecular flexibility index (Phi) is 5.91. The lowest BCUT2D eigenvalue weighted by Gasteiger charge is -2.06. The van der Waals surface area contributed by atoms with Gasteiger partial charge in [0.25, 0.3) is 5.89 Å². The van der Waals surface area contributed by atoms with Gasteiger partial charge in [-0.3, -0.25) is 0 Å². The summed E-state index contributed by atoms with van der Waals surface area (Å²) in [4.78, 5) is 17.4. The molecule has 3 aromatic rings. The van der Waals surface area contributed by atoms with Crippen molar-refractivity contribution in [3.8, 4) is 17.1 Å². The molecule has 2 aromatic carbocycles. The number of carbonyl (C=O) groups excluding carboxylic acids is 1. The fourth-order valence-corrected chi connectivity index (χ4v) is 2.96. The van der Waals surface area contributed by atoms with Crippen molar-refractivity contribution < 1.29 is 18.8 Å². The van der Waals surface area contributed by atoms with E-state index in [4.69, 9.17) is 14.0 Å². The normalized spacial score (nSPS) is 10.5. The van der Waals surface area contributed by atoms with E-state index in [1.807, 2.05) is 49.6 Å². The molecule has 0 unspecified atom stereocenters. The topological polar surface area (TPSA) is 74.5 Å². The van der Waals surface area contributed by atoms with Crippen molar-refractivity contribution >= 4 is 17.7 Å². The molecule has 26 heavy (non-hydrogen) atoms. The molecule has 1 heterocycles. The number of hydrogen-bond donors (Lipinski definition) is 0. The Morgan fingerprint density at radius 1 is 1.15 bits per heavy atom. The molecule has 0 bridgehead atoms. The number of carbonyl (C=O) groups is 1. The van der Waals surface area contributed by atoms with Gasteiger partial charge in [0.05, 0.1) is 17.7 Å². The number of ether oxygens (including phenoxy) is 2. The molecule has 7 heteroatoms. The van der Waals surface area contributed by atoms with E-state index < -0.39 is 5.97 Å². The highest BCUT2D eigenvalue weighted by Crippen LogP contribution is 2.27. The van der Waals surface area contributed by atoms with Crippen LogP contribution in [0.5, 0.6) is 5.75 Å². The summed E-state index contributed by atoms with van der Waals surface area (Å²) in [5.41, 5.74) is 1.24. The lowest BCUT2D eigenvalue weighted by molar-refractivity contribution is 0.0425. The molecule has 0 atom stereocenters. The summed E-state index contributed by atoms with van der Waals surface area (Å²) in [5, 5.41) is 3.95. The Balaban J connectivity index is 1.70. The van der Waals surface area contributed by atoms with Gasteiger partial charge < -0.3 is 14.0 Å². The number of nitrogens with zero attached hydrogens (tertiary/aromatic N) is 2. The second-order valence-corrected chi connectivity index (χ2v) is 6.07. The Morgan fingerprint density at radius 2 is 1.92 bits per heavy atom. The fourth-order valence-electron chi connectivity index (χ4n) is 2.37. The van der Waals surface area contributed by atoms with Gasteiger partial charge in [0.1, 0.15) is 5.75 Å². The average molecular weight is 370 g/mol. The predicted octanol–water partition coefficient (Wildman–Crippen LogP) is 4.21. The van der Waals surface area contributed by atoms with Crippen molar-refractivity contribution in [3.05, 3.63) is 60.0 Å². The zero-order valence-electron chi connectivity index (χ0n) is 14.5. The lowest BCUT2D eigenvalue weighted by atomic mass is 10.2. The van der Waals surface area contributed by atoms with Gasteiger partial charge in [-0.05, 0) is 37.4 Å². The molecule has 134 valence electrons. The highest BCUT2D eigenvalue weighted by Gasteiger charge is 2.16. The van der Waals surface area contributed by atoms with E-state index in [1.165, 1.54) is 11.8 Å². The van der Waals surface area contributed by atoms with Crippen molar-refractivity contribution in [3.63, 3.8) is 0 Å². The van der Waals surface area contributed by atoms with Crippen LogP contribution in [0.3, 0.4) is 0 Å². The van der Waals surface area contributed by atoms with Crippen molar-refractivity contribution in [2.75, 3.05) is 12.9 Å². The van der Waals surface area contributed by atoms with Crippen LogP contribution in [0.4, 0.5) is 0 Å². The zero-order chi connectivity index (χ0) is 18.4. The minimum Gasteiger partial charge on any atom is -0.493 e. The third-order valence-corrected chi connectivity index (χ3v) is 4.35. The van der Waals surface area contributed by atoms with Crippen LogP contribution in [0.2, 0.25) is 0 Å². The van der Waals surface area contributed by atoms with Crippen molar-refractivity contribution in [2.45, 2.75) is 18.4 Å². The summed E-state index contributed by atoms with van der Waals surface area (Å²) in [6.07, 6.45) is 1.91. The fraction of sp³-hybridized carbons (Fsp3) is 0.211. The lowest BCUT2D eigenvalue weighted by Crippen LogP contribution is -2.06. The van der Waals surface area contributed by atoms with Crippen LogP contribution in [0, 0.1) is 0 Å². The number of rotatable bonds is 7. The zero-order valence-corrected chi connectivity index (χ0v) is 15.3. The number of para-hydroxylation sites is 1. The second kappa shape index (κ2) is 8.53. The van der Waals surface area contributed by atoms with Gasteiger partial charge in [-0.2, -0.15) is 4.98 Å². The van der Waals surface area contributed by atoms with Crippen LogP contribution < -0.4 is 4.74 Å². The molecule has 6 nitrogen and oxygen atoms in total. The SMILES string of the molecule is CCOc1ccccc1-c1noc(COC(=O)c2ccccc2SC)n1. The number of benzene rings is 2. The van der Waals surface area contributed by atoms with Crippen molar-refractivity contribution in [1.82, 2.24) is 10.1 Å². The van der Waals surface area contributed by atoms with Gasteiger partial charge >= 0.3 is 5.97 Å². The van der Waals surface area contributed by atoms with Crippen LogP contribution >= 0.6 is 11.8 Å². The van der Waals surface area contributed by atoms with Crippen molar-refractivity contribution in [2.24, 2.45) is 0 Å². The van der Waals surface area contributed by atoms with Crippen LogP contribution in [0.25, 0.3) is 11.4 Å². The molecule has 0 radical (unpaired) electrons. The minimum absolute atomic E-state index is 0.0919. The summed E-state index contributed by atoms with van der Waals surface area (Å²) in [6.45, 7) is 2.35. The Bertz CT molecular complexity index is 895. The summed E-state index contributed by atoms with van der Waals surface area (Å²) < 4.78 is 16.1. The monoisotopic (exact) mass is 370 g/mol. The van der Waals surface area contributed by atoms with Gasteiger partial charge in [0.15, 0.2) is 6.61 Å². The first-order valence-electron chi connectivity index (χ1n) is 8.07. The number of thioether (sulfide) groups is 1. The van der Waals surface area contributed by atoms with E-state index in [9.17, 15) is 4.79 Å². The number of aromatic nitrogens is 2. The molecule has 0 saturated heterocycles. The molecule has 0 N–H and O–H groups in total. The van der Waals surface area contributed by atoms with Gasteiger partial charge in [-0.1, -0.05) is 29.4 Å². The molecular formula is C19H18N2O4S. The highest BCUT2D eigenvalue weighted by molar-refractivity contribution is 7.98. The first kappa shape index (κ1) is 18.0. The molecule has 0 aliphatic heterocycles. The molecule has 0 amide bonds. The average Bonchev–Trinajstić information content (AvgIpc) is 3.15. The quantitative estimate of drug-likeness (QED) is 0.455. The highest BCUT2D eigenvalue weighted by atomic mass is 32.2. The summed E-state index contributed by atoms with van der Waals surface area (Å²) in [6, 6.07) is 14.7. The maximum absolute atomic E-state index is 12.3. The molecular weight excluding hydrogens is 352 g/mol. The summed E-state index contributed by atoms with van der Waals surface area (Å²) in [7, 11) is 0. The summed E-state index contributed by atoms with van der Waals surface area (Å²) >= 11 is 1.49. The van der Waals surface area contributed by atoms with Crippen LogP contribution in [0.15, 0.2) is 57.9 Å². The molecule has 3 rings (SSSR count). The van der Waals surface area contributed by atoms with E-state index in [-0.39, 0.29) is 12.5 Å². The minimum atomic E-state index is -0.426. The standard InChI is InChI=1S/C19H18N2O4S/c1-3-23-15-10-6-4-8-13(15)18-20-17(25-21-18)12-24-19(22)14-9-5-7-11-16(14)26-2/h4-11H,3,12H2,1-2H3. The van der Waals surface area contributed by atoms with Crippen molar-refractivity contribution in [1.29, 1.82) is 0 Å². The molecule has 0 aliphatic rings. The Labute approximate surface area is 155 Å². The van der Waals surface area contributed by atoms with E-state index in [0.29, 0.717) is 23.7 Å². The Morgan fingerprint density at radius 3 is 2.73 bits per heavy atom.